The number of nitrogen functional groups attached to an aromatic ring is 1. The number of nitrogens with two attached hydrogens (primary N) is 1. The third kappa shape index (κ3) is 2.34. The van der Waals surface area contributed by atoms with Crippen LogP contribution in [0.15, 0.2) is 30.5 Å². The van der Waals surface area contributed by atoms with Crippen molar-refractivity contribution in [2.24, 2.45) is 0 Å². The first kappa shape index (κ1) is 14.0. The number of benzene rings is 1. The molecule has 1 heterocycles. The summed E-state index contributed by atoms with van der Waals surface area (Å²) in [5.74, 6) is 0.631. The van der Waals surface area contributed by atoms with E-state index in [4.69, 9.17) is 15.2 Å². The largest absolute Gasteiger partial charge is 0.495 e. The Balaban J connectivity index is 2.54. The summed E-state index contributed by atoms with van der Waals surface area (Å²) in [6, 6.07) is 7.48. The lowest BCUT2D eigenvalue weighted by molar-refractivity contribution is 0.0527. The molecule has 0 aliphatic heterocycles. The van der Waals surface area contributed by atoms with Gasteiger partial charge in [0.15, 0.2) is 0 Å². The van der Waals surface area contributed by atoms with Crippen LogP contribution in [0.4, 0.5) is 5.82 Å². The van der Waals surface area contributed by atoms with Crippen molar-refractivity contribution in [3.8, 4) is 11.4 Å². The van der Waals surface area contributed by atoms with Crippen molar-refractivity contribution in [1.29, 1.82) is 0 Å². The number of nitrogens with zero attached hydrogens (tertiary/aromatic N) is 1. The first-order chi connectivity index (χ1) is 9.60. The summed E-state index contributed by atoms with van der Waals surface area (Å²) in [5.41, 5.74) is 8.05. The van der Waals surface area contributed by atoms with Crippen LogP contribution in [-0.2, 0) is 4.74 Å². The molecular weight excluding hydrogens is 256 g/mol. The number of rotatable bonds is 4. The smallest absolute Gasteiger partial charge is 0.342 e. The summed E-state index contributed by atoms with van der Waals surface area (Å²) in [6.07, 6.45) is 1.80. The summed E-state index contributed by atoms with van der Waals surface area (Å²) >= 11 is 0. The zero-order chi connectivity index (χ0) is 14.7. The second-order valence-corrected chi connectivity index (χ2v) is 4.33. The van der Waals surface area contributed by atoms with Crippen LogP contribution in [0.5, 0.6) is 5.75 Å². The maximum atomic E-state index is 11.9. The summed E-state index contributed by atoms with van der Waals surface area (Å²) in [7, 11) is 1.59. The Hall–Kier alpha value is -2.43. The molecule has 5 heteroatoms. The molecule has 0 unspecified atom stereocenters. The van der Waals surface area contributed by atoms with Crippen molar-refractivity contribution in [1.82, 2.24) is 4.57 Å². The van der Waals surface area contributed by atoms with Gasteiger partial charge >= 0.3 is 5.97 Å². The molecule has 0 saturated carbocycles. The van der Waals surface area contributed by atoms with Crippen LogP contribution in [0, 0.1) is 6.92 Å². The molecular formula is C15H18N2O3. The molecule has 2 aromatic rings. The molecule has 0 saturated heterocycles. The van der Waals surface area contributed by atoms with Crippen LogP contribution in [0.2, 0.25) is 0 Å². The number of aromatic nitrogens is 1. The van der Waals surface area contributed by atoms with E-state index in [2.05, 4.69) is 0 Å². The highest BCUT2D eigenvalue weighted by Crippen LogP contribution is 2.29. The van der Waals surface area contributed by atoms with Crippen LogP contribution in [0.3, 0.4) is 0 Å². The normalized spacial score (nSPS) is 10.3. The zero-order valence-corrected chi connectivity index (χ0v) is 11.8. The molecule has 0 fully saturated rings. The minimum absolute atomic E-state index is 0.317. The van der Waals surface area contributed by atoms with E-state index >= 15 is 0 Å². The Morgan fingerprint density at radius 1 is 1.35 bits per heavy atom. The number of ether oxygens (including phenoxy) is 2. The Morgan fingerprint density at radius 2 is 2.05 bits per heavy atom. The second-order valence-electron chi connectivity index (χ2n) is 4.33. The van der Waals surface area contributed by atoms with Crippen molar-refractivity contribution >= 4 is 11.8 Å². The third-order valence-electron chi connectivity index (χ3n) is 3.06. The average molecular weight is 274 g/mol. The first-order valence-corrected chi connectivity index (χ1v) is 6.38. The lowest BCUT2D eigenvalue weighted by Crippen LogP contribution is -2.09. The quantitative estimate of drug-likeness (QED) is 0.870. The number of esters is 1. The predicted molar refractivity (Wildman–Crippen MR) is 77.4 cm³/mol. The lowest BCUT2D eigenvalue weighted by Gasteiger charge is -2.11. The molecule has 0 bridgehead atoms. The summed E-state index contributed by atoms with van der Waals surface area (Å²) < 4.78 is 12.1. The summed E-state index contributed by atoms with van der Waals surface area (Å²) in [5, 5.41) is 0. The summed E-state index contributed by atoms with van der Waals surface area (Å²) in [6.45, 7) is 3.91. The Labute approximate surface area is 117 Å². The molecule has 0 aliphatic carbocycles. The number of methoxy groups -OCH3 is 1. The minimum atomic E-state index is -0.406. The van der Waals surface area contributed by atoms with E-state index in [1.165, 1.54) is 0 Å². The highest BCUT2D eigenvalue weighted by molar-refractivity contribution is 5.96. The molecule has 106 valence electrons. The van der Waals surface area contributed by atoms with Gasteiger partial charge in [-0.25, -0.2) is 4.79 Å². The molecule has 1 aromatic carbocycles. The van der Waals surface area contributed by atoms with E-state index in [0.29, 0.717) is 23.7 Å². The average Bonchev–Trinajstić information content (AvgIpc) is 2.74. The molecule has 1 aromatic heterocycles. The van der Waals surface area contributed by atoms with Gasteiger partial charge in [-0.15, -0.1) is 0 Å². The van der Waals surface area contributed by atoms with Gasteiger partial charge in [0.05, 0.1) is 19.4 Å². The number of anilines is 1. The van der Waals surface area contributed by atoms with Gasteiger partial charge in [-0.05, 0) is 31.5 Å². The lowest BCUT2D eigenvalue weighted by atomic mass is 10.2. The first-order valence-electron chi connectivity index (χ1n) is 6.38. The van der Waals surface area contributed by atoms with E-state index in [0.717, 1.165) is 11.3 Å². The van der Waals surface area contributed by atoms with Gasteiger partial charge in [0.25, 0.3) is 0 Å². The molecule has 0 spiro atoms. The number of carbonyl (C=O) groups excluding carboxylic acids is 1. The Morgan fingerprint density at radius 3 is 2.70 bits per heavy atom. The molecule has 2 N–H and O–H groups in total. The molecule has 0 amide bonds. The van der Waals surface area contributed by atoms with Crippen LogP contribution in [-0.4, -0.2) is 24.3 Å². The van der Waals surface area contributed by atoms with Gasteiger partial charge in [0, 0.05) is 6.20 Å². The zero-order valence-electron chi connectivity index (χ0n) is 11.8. The van der Waals surface area contributed by atoms with Crippen molar-refractivity contribution in [3.63, 3.8) is 0 Å². The molecule has 0 aliphatic rings. The van der Waals surface area contributed by atoms with Gasteiger partial charge < -0.3 is 15.2 Å². The highest BCUT2D eigenvalue weighted by atomic mass is 16.5. The fourth-order valence-electron chi connectivity index (χ4n) is 2.15. The van der Waals surface area contributed by atoms with Gasteiger partial charge in [-0.3, -0.25) is 4.57 Å². The second kappa shape index (κ2) is 5.69. The fourth-order valence-corrected chi connectivity index (χ4v) is 2.15. The van der Waals surface area contributed by atoms with E-state index in [9.17, 15) is 4.79 Å². The standard InChI is InChI=1S/C15H18N2O3/c1-4-20-15(18)13-10(2)9-17(14(13)16)11-7-5-6-8-12(11)19-3/h5-9H,4,16H2,1-3H3. The Kier molecular flexibility index (Phi) is 3.98. The highest BCUT2D eigenvalue weighted by Gasteiger charge is 2.20. The third-order valence-corrected chi connectivity index (χ3v) is 3.06. The van der Waals surface area contributed by atoms with Crippen molar-refractivity contribution in [3.05, 3.63) is 41.6 Å². The van der Waals surface area contributed by atoms with Crippen LogP contribution < -0.4 is 10.5 Å². The summed E-state index contributed by atoms with van der Waals surface area (Å²) in [4.78, 5) is 11.9. The fraction of sp³-hybridized carbons (Fsp3) is 0.267. The van der Waals surface area contributed by atoms with E-state index < -0.39 is 5.97 Å². The monoisotopic (exact) mass is 274 g/mol. The Bertz CT molecular complexity index is 632. The topological polar surface area (TPSA) is 66.5 Å². The molecule has 20 heavy (non-hydrogen) atoms. The molecule has 0 atom stereocenters. The van der Waals surface area contributed by atoms with Crippen molar-refractivity contribution in [2.45, 2.75) is 13.8 Å². The van der Waals surface area contributed by atoms with Crippen LogP contribution in [0.25, 0.3) is 5.69 Å². The maximum Gasteiger partial charge on any atom is 0.342 e. The van der Waals surface area contributed by atoms with Gasteiger partial charge in [0.2, 0.25) is 0 Å². The predicted octanol–water partition coefficient (Wildman–Crippen LogP) is 2.55. The molecule has 0 radical (unpaired) electrons. The van der Waals surface area contributed by atoms with Gasteiger partial charge in [-0.1, -0.05) is 12.1 Å². The number of hydrogen-bond acceptors (Lipinski definition) is 4. The van der Waals surface area contributed by atoms with Gasteiger partial charge in [0.1, 0.15) is 17.1 Å². The van der Waals surface area contributed by atoms with Gasteiger partial charge in [-0.2, -0.15) is 0 Å². The number of carbonyl (C=O) groups is 1. The molecule has 2 rings (SSSR count). The van der Waals surface area contributed by atoms with Crippen LogP contribution >= 0.6 is 0 Å². The SMILES string of the molecule is CCOC(=O)c1c(C)cn(-c2ccccc2OC)c1N. The van der Waals surface area contributed by atoms with Crippen LogP contribution in [0.1, 0.15) is 22.8 Å². The number of para-hydroxylation sites is 2. The van der Waals surface area contributed by atoms with E-state index in [1.807, 2.05) is 31.2 Å². The van der Waals surface area contributed by atoms with E-state index in [-0.39, 0.29) is 0 Å². The minimum Gasteiger partial charge on any atom is -0.495 e. The number of hydrogen-bond donors (Lipinski definition) is 1. The maximum absolute atomic E-state index is 11.9. The molecule has 5 nitrogen and oxygen atoms in total. The van der Waals surface area contributed by atoms with E-state index in [1.54, 1.807) is 24.8 Å². The van der Waals surface area contributed by atoms with Crippen molar-refractivity contribution < 1.29 is 14.3 Å². The number of aryl methyl sites for hydroxylation is 1. The van der Waals surface area contributed by atoms with Crippen molar-refractivity contribution in [2.75, 3.05) is 19.5 Å².